The van der Waals surface area contributed by atoms with Gasteiger partial charge in [-0.25, -0.2) is 9.37 Å². The molecule has 0 radical (unpaired) electrons. The van der Waals surface area contributed by atoms with E-state index < -0.39 is 0 Å². The second-order valence-electron chi connectivity index (χ2n) is 7.19. The number of hydrogen-bond acceptors (Lipinski definition) is 4. The highest BCUT2D eigenvalue weighted by molar-refractivity contribution is 5.83. The summed E-state index contributed by atoms with van der Waals surface area (Å²) >= 11 is 0. The fourth-order valence-electron chi connectivity index (χ4n) is 3.70. The van der Waals surface area contributed by atoms with Gasteiger partial charge in [-0.15, -0.1) is 0 Å². The molecule has 3 heterocycles. The predicted molar refractivity (Wildman–Crippen MR) is 117 cm³/mol. The van der Waals surface area contributed by atoms with E-state index in [-0.39, 0.29) is 5.82 Å². The maximum Gasteiger partial charge on any atom is 0.191 e. The fourth-order valence-corrected chi connectivity index (χ4v) is 3.70. The molecule has 3 N–H and O–H groups in total. The molecular weight excluding hydrogens is 383 g/mol. The number of ether oxygens (including phenoxy) is 1. The molecule has 1 aliphatic rings. The first kappa shape index (κ1) is 20.2. The van der Waals surface area contributed by atoms with Crippen molar-refractivity contribution in [3.63, 3.8) is 0 Å². The molecule has 8 heteroatoms. The number of benzene rings is 1. The third-order valence-corrected chi connectivity index (χ3v) is 5.26. The Balaban J connectivity index is 1.33. The maximum atomic E-state index is 13.6. The van der Waals surface area contributed by atoms with Crippen molar-refractivity contribution in [2.45, 2.75) is 13.0 Å². The number of nitrogens with zero attached hydrogens (tertiary/aromatic N) is 3. The van der Waals surface area contributed by atoms with Gasteiger partial charge in [0.1, 0.15) is 11.6 Å². The van der Waals surface area contributed by atoms with Crippen LogP contribution in [-0.2, 0) is 17.7 Å². The van der Waals surface area contributed by atoms with E-state index in [2.05, 4.69) is 36.6 Å². The van der Waals surface area contributed by atoms with E-state index in [9.17, 15) is 4.39 Å². The lowest BCUT2D eigenvalue weighted by molar-refractivity contribution is 0.122. The van der Waals surface area contributed by atoms with Crippen molar-refractivity contribution in [2.24, 2.45) is 4.99 Å². The van der Waals surface area contributed by atoms with Crippen LogP contribution in [0.2, 0.25) is 0 Å². The van der Waals surface area contributed by atoms with Crippen LogP contribution in [0, 0.1) is 5.82 Å². The van der Waals surface area contributed by atoms with Crippen molar-refractivity contribution in [3.8, 4) is 0 Å². The molecule has 1 aliphatic heterocycles. The molecule has 0 spiro atoms. The summed E-state index contributed by atoms with van der Waals surface area (Å²) < 4.78 is 19.0. The van der Waals surface area contributed by atoms with Crippen LogP contribution in [0.3, 0.4) is 0 Å². The number of fused-ring (bicyclic) bond motifs is 1. The van der Waals surface area contributed by atoms with Crippen molar-refractivity contribution in [2.75, 3.05) is 44.8 Å². The number of aromatic amines is 1. The Morgan fingerprint density at radius 2 is 2.10 bits per heavy atom. The minimum Gasteiger partial charge on any atom is -0.378 e. The molecular formula is C22H27FN6O. The average Bonchev–Trinajstić information content (AvgIpc) is 3.19. The molecule has 0 unspecified atom stereocenters. The largest absolute Gasteiger partial charge is 0.378 e. The highest BCUT2D eigenvalue weighted by Gasteiger charge is 2.16. The van der Waals surface area contributed by atoms with Crippen molar-refractivity contribution in [3.05, 3.63) is 59.7 Å². The Kier molecular flexibility index (Phi) is 6.44. The van der Waals surface area contributed by atoms with Crippen LogP contribution in [0.5, 0.6) is 0 Å². The van der Waals surface area contributed by atoms with E-state index in [4.69, 9.17) is 4.74 Å². The van der Waals surface area contributed by atoms with Crippen molar-refractivity contribution < 1.29 is 9.13 Å². The number of H-pyrrole nitrogens is 1. The van der Waals surface area contributed by atoms with Gasteiger partial charge in [0.25, 0.3) is 0 Å². The summed E-state index contributed by atoms with van der Waals surface area (Å²) in [6.07, 6.45) is 4.52. The smallest absolute Gasteiger partial charge is 0.191 e. The molecule has 0 aliphatic carbocycles. The molecule has 158 valence electrons. The molecule has 0 atom stereocenters. The van der Waals surface area contributed by atoms with Gasteiger partial charge in [0, 0.05) is 62.1 Å². The number of nitrogens with one attached hydrogen (secondary N) is 3. The zero-order chi connectivity index (χ0) is 20.8. The predicted octanol–water partition coefficient (Wildman–Crippen LogP) is 2.45. The first-order chi connectivity index (χ1) is 14.7. The van der Waals surface area contributed by atoms with E-state index in [0.717, 1.165) is 66.5 Å². The standard InChI is InChI=1S/C22H27FN6O/c1-24-22(26-8-6-16-14-27-20-5-4-18(23)13-19(16)20)28-15-17-3-2-7-25-21(17)29-9-11-30-12-10-29/h2-5,7,13-14,27H,6,8-12,15H2,1H3,(H2,24,26,28). The lowest BCUT2D eigenvalue weighted by atomic mass is 10.1. The molecule has 0 bridgehead atoms. The fraction of sp³-hybridized carbons (Fsp3) is 0.364. The Morgan fingerprint density at radius 1 is 1.23 bits per heavy atom. The Hall–Kier alpha value is -3.13. The zero-order valence-electron chi connectivity index (χ0n) is 17.1. The molecule has 7 nitrogen and oxygen atoms in total. The number of pyridine rings is 1. The van der Waals surface area contributed by atoms with Crippen LogP contribution in [0.25, 0.3) is 10.9 Å². The number of anilines is 1. The summed E-state index contributed by atoms with van der Waals surface area (Å²) in [5.74, 6) is 1.49. The minimum absolute atomic E-state index is 0.221. The summed E-state index contributed by atoms with van der Waals surface area (Å²) in [6.45, 7) is 4.46. The van der Waals surface area contributed by atoms with Gasteiger partial charge in [0.05, 0.1) is 13.2 Å². The van der Waals surface area contributed by atoms with Crippen LogP contribution in [0.15, 0.2) is 47.7 Å². The summed E-state index contributed by atoms with van der Waals surface area (Å²) in [7, 11) is 1.75. The summed E-state index contributed by atoms with van der Waals surface area (Å²) in [6, 6.07) is 8.84. The number of halogens is 1. The minimum atomic E-state index is -0.221. The van der Waals surface area contributed by atoms with Crippen LogP contribution >= 0.6 is 0 Å². The van der Waals surface area contributed by atoms with Crippen LogP contribution in [0.1, 0.15) is 11.1 Å². The van der Waals surface area contributed by atoms with E-state index in [1.54, 1.807) is 19.2 Å². The lowest BCUT2D eigenvalue weighted by Gasteiger charge is -2.29. The van der Waals surface area contributed by atoms with E-state index in [1.165, 1.54) is 6.07 Å². The first-order valence-corrected chi connectivity index (χ1v) is 10.2. The average molecular weight is 410 g/mol. The molecule has 0 saturated carbocycles. The third kappa shape index (κ3) is 4.71. The van der Waals surface area contributed by atoms with Gasteiger partial charge in [-0.05, 0) is 36.2 Å². The number of aliphatic imine (C=N–C) groups is 1. The molecule has 1 fully saturated rings. The highest BCUT2D eigenvalue weighted by atomic mass is 19.1. The molecule has 30 heavy (non-hydrogen) atoms. The van der Waals surface area contributed by atoms with Crippen molar-refractivity contribution >= 4 is 22.7 Å². The highest BCUT2D eigenvalue weighted by Crippen LogP contribution is 2.20. The molecule has 1 saturated heterocycles. The maximum absolute atomic E-state index is 13.6. The Labute approximate surface area is 175 Å². The summed E-state index contributed by atoms with van der Waals surface area (Å²) in [5, 5.41) is 7.62. The van der Waals surface area contributed by atoms with Crippen LogP contribution in [0.4, 0.5) is 10.2 Å². The van der Waals surface area contributed by atoms with Crippen LogP contribution in [-0.4, -0.2) is 55.8 Å². The number of morpholine rings is 1. The SMILES string of the molecule is CN=C(NCCc1c[nH]c2ccc(F)cc12)NCc1cccnc1N1CCOCC1. The number of aromatic nitrogens is 2. The third-order valence-electron chi connectivity index (χ3n) is 5.26. The molecule has 1 aromatic carbocycles. The summed E-state index contributed by atoms with van der Waals surface area (Å²) in [4.78, 5) is 14.3. The quantitative estimate of drug-likeness (QED) is 0.430. The van der Waals surface area contributed by atoms with Crippen molar-refractivity contribution in [1.82, 2.24) is 20.6 Å². The second kappa shape index (κ2) is 9.58. The summed E-state index contributed by atoms with van der Waals surface area (Å²) in [5.41, 5.74) is 3.14. The van der Waals surface area contributed by atoms with Gasteiger partial charge in [-0.3, -0.25) is 4.99 Å². The van der Waals surface area contributed by atoms with Crippen molar-refractivity contribution in [1.29, 1.82) is 0 Å². The number of rotatable bonds is 6. The first-order valence-electron chi connectivity index (χ1n) is 10.2. The Bertz CT molecular complexity index is 1010. The zero-order valence-corrected chi connectivity index (χ0v) is 17.1. The van der Waals surface area contributed by atoms with E-state index >= 15 is 0 Å². The monoisotopic (exact) mass is 410 g/mol. The van der Waals surface area contributed by atoms with Gasteiger partial charge in [-0.2, -0.15) is 0 Å². The van der Waals surface area contributed by atoms with Gasteiger partial charge in [0.2, 0.25) is 0 Å². The Morgan fingerprint density at radius 3 is 2.93 bits per heavy atom. The van der Waals surface area contributed by atoms with Crippen LogP contribution < -0.4 is 15.5 Å². The van der Waals surface area contributed by atoms with E-state index in [1.807, 2.05) is 18.5 Å². The molecule has 0 amide bonds. The van der Waals surface area contributed by atoms with Gasteiger partial charge < -0.3 is 25.3 Å². The lowest BCUT2D eigenvalue weighted by Crippen LogP contribution is -2.40. The molecule has 3 aromatic rings. The van der Waals surface area contributed by atoms with Gasteiger partial charge in [-0.1, -0.05) is 6.07 Å². The second-order valence-corrected chi connectivity index (χ2v) is 7.19. The molecule has 4 rings (SSSR count). The number of hydrogen-bond donors (Lipinski definition) is 3. The topological polar surface area (TPSA) is 77.6 Å². The normalized spacial score (nSPS) is 14.9. The van der Waals surface area contributed by atoms with E-state index in [0.29, 0.717) is 13.1 Å². The molecule has 2 aromatic heterocycles. The number of guanidine groups is 1. The van der Waals surface area contributed by atoms with Gasteiger partial charge in [0.15, 0.2) is 5.96 Å². The van der Waals surface area contributed by atoms with Gasteiger partial charge >= 0.3 is 0 Å².